The minimum Gasteiger partial charge on any atom is -0.493 e. The minimum atomic E-state index is -0.276. The molecule has 0 aliphatic heterocycles. The number of hydrogen-bond acceptors (Lipinski definition) is 2. The molecule has 0 saturated carbocycles. The Bertz CT molecular complexity index is 422. The fourth-order valence-electron chi connectivity index (χ4n) is 2.16. The lowest BCUT2D eigenvalue weighted by molar-refractivity contribution is 0.129. The molecule has 0 saturated heterocycles. The first-order valence-corrected chi connectivity index (χ1v) is 7.24. The van der Waals surface area contributed by atoms with Gasteiger partial charge in [0.25, 0.3) is 0 Å². The van der Waals surface area contributed by atoms with E-state index in [-0.39, 0.29) is 6.10 Å². The third-order valence-corrected chi connectivity index (χ3v) is 3.31. The van der Waals surface area contributed by atoms with Crippen LogP contribution in [0, 0.1) is 0 Å². The molecule has 2 rings (SSSR count). The topological polar surface area (TPSA) is 29.5 Å². The third-order valence-electron chi connectivity index (χ3n) is 3.31. The smallest absolute Gasteiger partial charge is 0.119 e. The lowest BCUT2D eigenvalue weighted by atomic mass is 10.0. The molecule has 2 nitrogen and oxygen atoms in total. The fourth-order valence-corrected chi connectivity index (χ4v) is 2.16. The molecule has 1 unspecified atom stereocenters. The molecule has 0 radical (unpaired) electrons. The first-order chi connectivity index (χ1) is 9.84. The number of aliphatic hydroxyl groups excluding tert-OH is 1. The number of rotatable bonds is 8. The van der Waals surface area contributed by atoms with Gasteiger partial charge in [0.1, 0.15) is 5.75 Å². The van der Waals surface area contributed by atoms with Crippen molar-refractivity contribution in [2.75, 3.05) is 6.61 Å². The number of benzene rings is 2. The lowest BCUT2D eigenvalue weighted by Gasteiger charge is -2.11. The van der Waals surface area contributed by atoms with E-state index < -0.39 is 0 Å². The molecular weight excluding hydrogens is 248 g/mol. The Labute approximate surface area is 121 Å². The van der Waals surface area contributed by atoms with Crippen LogP contribution < -0.4 is 4.74 Å². The van der Waals surface area contributed by atoms with Crippen LogP contribution in [0.1, 0.15) is 24.8 Å². The van der Waals surface area contributed by atoms with Crippen LogP contribution in [0.4, 0.5) is 0 Å². The summed E-state index contributed by atoms with van der Waals surface area (Å²) in [6, 6.07) is 20.1. The lowest BCUT2D eigenvalue weighted by Crippen LogP contribution is -2.12. The third kappa shape index (κ3) is 5.45. The molecule has 1 atom stereocenters. The van der Waals surface area contributed by atoms with Crippen LogP contribution in [0.15, 0.2) is 60.7 Å². The van der Waals surface area contributed by atoms with E-state index >= 15 is 0 Å². The van der Waals surface area contributed by atoms with Gasteiger partial charge in [0, 0.05) is 6.42 Å². The van der Waals surface area contributed by atoms with Crippen molar-refractivity contribution in [1.82, 2.24) is 0 Å². The molecule has 0 aliphatic carbocycles. The molecule has 20 heavy (non-hydrogen) atoms. The average molecular weight is 270 g/mol. The van der Waals surface area contributed by atoms with Crippen molar-refractivity contribution in [2.24, 2.45) is 0 Å². The number of aryl methyl sites for hydroxylation is 1. The molecule has 1 N–H and O–H groups in total. The quantitative estimate of drug-likeness (QED) is 0.789. The Kier molecular flexibility index (Phi) is 6.12. The Morgan fingerprint density at radius 3 is 2.20 bits per heavy atom. The minimum absolute atomic E-state index is 0.276. The number of para-hydroxylation sites is 1. The highest BCUT2D eigenvalue weighted by molar-refractivity contribution is 5.20. The Hall–Kier alpha value is -1.80. The van der Waals surface area contributed by atoms with Gasteiger partial charge in [0.15, 0.2) is 0 Å². The van der Waals surface area contributed by atoms with Gasteiger partial charge in [0.2, 0.25) is 0 Å². The number of aliphatic hydroxyl groups is 1. The van der Waals surface area contributed by atoms with Gasteiger partial charge in [-0.1, -0.05) is 48.5 Å². The van der Waals surface area contributed by atoms with Crippen LogP contribution >= 0.6 is 0 Å². The molecule has 0 aromatic heterocycles. The van der Waals surface area contributed by atoms with Crippen molar-refractivity contribution in [1.29, 1.82) is 0 Å². The maximum Gasteiger partial charge on any atom is 0.119 e. The maximum absolute atomic E-state index is 9.93. The molecule has 2 heteroatoms. The predicted octanol–water partition coefficient (Wildman–Crippen LogP) is 3.84. The summed E-state index contributed by atoms with van der Waals surface area (Å²) in [6.07, 6.45) is 3.27. The van der Waals surface area contributed by atoms with E-state index in [1.54, 1.807) is 0 Å². The van der Waals surface area contributed by atoms with Gasteiger partial charge >= 0.3 is 0 Å². The summed E-state index contributed by atoms with van der Waals surface area (Å²) in [5, 5.41) is 9.93. The SMILES string of the molecule is OC(CCCc1ccccc1)CCOc1ccccc1. The van der Waals surface area contributed by atoms with E-state index in [9.17, 15) is 5.11 Å². The highest BCUT2D eigenvalue weighted by Gasteiger charge is 2.04. The second-order valence-electron chi connectivity index (χ2n) is 4.98. The second kappa shape index (κ2) is 8.39. The van der Waals surface area contributed by atoms with Gasteiger partial charge in [-0.3, -0.25) is 0 Å². The first-order valence-electron chi connectivity index (χ1n) is 7.24. The van der Waals surface area contributed by atoms with Crippen LogP contribution in [0.25, 0.3) is 0 Å². The summed E-state index contributed by atoms with van der Waals surface area (Å²) in [4.78, 5) is 0. The molecular formula is C18H22O2. The van der Waals surface area contributed by atoms with Crippen LogP contribution in [-0.4, -0.2) is 17.8 Å². The van der Waals surface area contributed by atoms with Crippen LogP contribution in [0.2, 0.25) is 0 Å². The standard InChI is InChI=1S/C18H22O2/c19-17(11-7-10-16-8-3-1-4-9-16)14-15-20-18-12-5-2-6-13-18/h1-6,8-9,12-13,17,19H,7,10-11,14-15H2. The zero-order valence-corrected chi connectivity index (χ0v) is 11.7. The molecule has 0 heterocycles. The van der Waals surface area contributed by atoms with Crippen molar-refractivity contribution >= 4 is 0 Å². The van der Waals surface area contributed by atoms with Crippen LogP contribution in [0.3, 0.4) is 0 Å². The van der Waals surface area contributed by atoms with Crippen LogP contribution in [-0.2, 0) is 6.42 Å². The summed E-state index contributed by atoms with van der Waals surface area (Å²) in [5.41, 5.74) is 1.33. The molecule has 0 amide bonds. The van der Waals surface area contributed by atoms with Crippen molar-refractivity contribution in [3.8, 4) is 5.75 Å². The molecule has 0 fully saturated rings. The Morgan fingerprint density at radius 1 is 0.850 bits per heavy atom. The highest BCUT2D eigenvalue weighted by Crippen LogP contribution is 2.11. The molecule has 2 aromatic carbocycles. The Morgan fingerprint density at radius 2 is 1.50 bits per heavy atom. The summed E-state index contributed by atoms with van der Waals surface area (Å²) >= 11 is 0. The van der Waals surface area contributed by atoms with E-state index in [1.165, 1.54) is 5.56 Å². The summed E-state index contributed by atoms with van der Waals surface area (Å²) in [6.45, 7) is 0.566. The number of ether oxygens (including phenoxy) is 1. The summed E-state index contributed by atoms with van der Waals surface area (Å²) in [7, 11) is 0. The largest absolute Gasteiger partial charge is 0.493 e. The summed E-state index contributed by atoms with van der Waals surface area (Å²) < 4.78 is 5.58. The second-order valence-corrected chi connectivity index (χ2v) is 4.98. The van der Waals surface area contributed by atoms with E-state index in [1.807, 2.05) is 36.4 Å². The molecule has 0 spiro atoms. The van der Waals surface area contributed by atoms with E-state index in [0.717, 1.165) is 25.0 Å². The van der Waals surface area contributed by atoms with Crippen molar-refractivity contribution in [2.45, 2.75) is 31.8 Å². The molecule has 106 valence electrons. The Balaban J connectivity index is 1.58. The summed E-state index contributed by atoms with van der Waals surface area (Å²) in [5.74, 6) is 0.865. The van der Waals surface area contributed by atoms with Crippen molar-refractivity contribution in [3.05, 3.63) is 66.2 Å². The van der Waals surface area contributed by atoms with Crippen molar-refractivity contribution < 1.29 is 9.84 Å². The van der Waals surface area contributed by atoms with Gasteiger partial charge in [-0.05, 0) is 37.0 Å². The van der Waals surface area contributed by atoms with Gasteiger partial charge < -0.3 is 9.84 Å². The first kappa shape index (κ1) is 14.6. The molecule has 2 aromatic rings. The fraction of sp³-hybridized carbons (Fsp3) is 0.333. The highest BCUT2D eigenvalue weighted by atomic mass is 16.5. The van der Waals surface area contributed by atoms with E-state index in [0.29, 0.717) is 13.0 Å². The maximum atomic E-state index is 9.93. The van der Waals surface area contributed by atoms with Gasteiger partial charge in [-0.15, -0.1) is 0 Å². The predicted molar refractivity (Wildman–Crippen MR) is 81.9 cm³/mol. The normalized spacial score (nSPS) is 12.1. The monoisotopic (exact) mass is 270 g/mol. The van der Waals surface area contributed by atoms with Gasteiger partial charge in [-0.25, -0.2) is 0 Å². The average Bonchev–Trinajstić information content (AvgIpc) is 2.49. The molecule has 0 aliphatic rings. The van der Waals surface area contributed by atoms with Gasteiger partial charge in [-0.2, -0.15) is 0 Å². The van der Waals surface area contributed by atoms with Gasteiger partial charge in [0.05, 0.1) is 12.7 Å². The zero-order chi connectivity index (χ0) is 14.0. The number of hydrogen-bond donors (Lipinski definition) is 1. The zero-order valence-electron chi connectivity index (χ0n) is 11.7. The van der Waals surface area contributed by atoms with Crippen LogP contribution in [0.5, 0.6) is 5.75 Å². The van der Waals surface area contributed by atoms with Crippen molar-refractivity contribution in [3.63, 3.8) is 0 Å². The van der Waals surface area contributed by atoms with E-state index in [2.05, 4.69) is 24.3 Å². The van der Waals surface area contributed by atoms with E-state index in [4.69, 9.17) is 4.74 Å². The molecule has 0 bridgehead atoms.